The number of alkyl carbamates (subject to hydrolysis) is 1. The van der Waals surface area contributed by atoms with Crippen LogP contribution >= 0.6 is 11.6 Å². The second kappa shape index (κ2) is 8.80. The van der Waals surface area contributed by atoms with Gasteiger partial charge in [0.2, 0.25) is 0 Å². The van der Waals surface area contributed by atoms with Crippen molar-refractivity contribution in [3.05, 3.63) is 29.8 Å². The second-order valence-electron chi connectivity index (χ2n) is 9.28. The summed E-state index contributed by atoms with van der Waals surface area (Å²) in [5.41, 5.74) is 0.657. The Kier molecular flexibility index (Phi) is 6.65. The molecule has 0 saturated carbocycles. The number of anilines is 1. The largest absolute Gasteiger partial charge is 0.444 e. The van der Waals surface area contributed by atoms with Crippen molar-refractivity contribution in [2.24, 2.45) is 0 Å². The highest BCUT2D eigenvalue weighted by Crippen LogP contribution is 2.35. The number of aromatic nitrogens is 3. The van der Waals surface area contributed by atoms with Crippen LogP contribution in [0.15, 0.2) is 24.7 Å². The number of alkyl halides is 3. The van der Waals surface area contributed by atoms with Crippen LogP contribution in [0, 0.1) is 0 Å². The van der Waals surface area contributed by atoms with Gasteiger partial charge in [0.05, 0.1) is 11.7 Å². The number of hydrogen-bond acceptors (Lipinski definition) is 5. The van der Waals surface area contributed by atoms with Crippen molar-refractivity contribution in [3.8, 4) is 11.1 Å². The summed E-state index contributed by atoms with van der Waals surface area (Å²) >= 11 is 6.15. The highest BCUT2D eigenvalue weighted by Gasteiger charge is 2.35. The number of carbonyl (C=O) groups excluding carboxylic acids is 1. The molecule has 3 rings (SSSR count). The molecule has 2 aromatic heterocycles. The smallest absolute Gasteiger partial charge is 0.408 e. The topological polar surface area (TPSA) is 72.3 Å². The van der Waals surface area contributed by atoms with Crippen molar-refractivity contribution in [1.82, 2.24) is 20.1 Å². The van der Waals surface area contributed by atoms with E-state index in [1.807, 2.05) is 11.8 Å². The fourth-order valence-electron chi connectivity index (χ4n) is 3.77. The van der Waals surface area contributed by atoms with Gasteiger partial charge >= 0.3 is 12.3 Å². The fourth-order valence-corrected chi connectivity index (χ4v) is 3.93. The van der Waals surface area contributed by atoms with E-state index in [2.05, 4.69) is 15.4 Å². The molecule has 3 heterocycles. The lowest BCUT2D eigenvalue weighted by Gasteiger charge is -2.42. The molecule has 0 radical (unpaired) electrons. The minimum Gasteiger partial charge on any atom is -0.444 e. The number of hydrogen-bond donors (Lipinski definition) is 1. The first-order chi connectivity index (χ1) is 14.7. The zero-order valence-corrected chi connectivity index (χ0v) is 19.2. The maximum atomic E-state index is 12.7. The molecule has 1 amide bonds. The monoisotopic (exact) mass is 473 g/mol. The highest BCUT2D eigenvalue weighted by atomic mass is 35.5. The summed E-state index contributed by atoms with van der Waals surface area (Å²) in [6.07, 6.45) is 0.918. The molecule has 176 valence electrons. The lowest BCUT2D eigenvalue weighted by Crippen LogP contribution is -2.57. The second-order valence-corrected chi connectivity index (χ2v) is 9.67. The summed E-state index contributed by atoms with van der Waals surface area (Å²) in [5.74, 6) is 0. The number of amides is 1. The molecule has 32 heavy (non-hydrogen) atoms. The van der Waals surface area contributed by atoms with Crippen LogP contribution in [-0.2, 0) is 11.3 Å². The van der Waals surface area contributed by atoms with Crippen LogP contribution < -0.4 is 10.2 Å². The lowest BCUT2D eigenvalue weighted by atomic mass is 9.90. The number of carbonyl (C=O) groups is 1. The summed E-state index contributed by atoms with van der Waals surface area (Å²) in [7, 11) is 0. The summed E-state index contributed by atoms with van der Waals surface area (Å²) in [6.45, 7) is 7.31. The van der Waals surface area contributed by atoms with E-state index in [0.29, 0.717) is 29.9 Å². The maximum absolute atomic E-state index is 12.7. The summed E-state index contributed by atoms with van der Waals surface area (Å²) < 4.78 is 44.4. The van der Waals surface area contributed by atoms with Crippen LogP contribution in [0.5, 0.6) is 0 Å². The van der Waals surface area contributed by atoms with E-state index >= 15 is 0 Å². The van der Waals surface area contributed by atoms with Gasteiger partial charge in [-0.1, -0.05) is 11.6 Å². The number of piperidine rings is 1. The molecule has 1 aliphatic rings. The molecule has 2 aromatic rings. The molecular formula is C21H27ClF3N5O2. The maximum Gasteiger partial charge on any atom is 0.408 e. The van der Waals surface area contributed by atoms with Crippen molar-refractivity contribution in [1.29, 1.82) is 0 Å². The van der Waals surface area contributed by atoms with E-state index < -0.39 is 30.0 Å². The van der Waals surface area contributed by atoms with Crippen LogP contribution in [-0.4, -0.2) is 51.3 Å². The van der Waals surface area contributed by atoms with Gasteiger partial charge in [0, 0.05) is 42.3 Å². The Balaban J connectivity index is 1.85. The molecule has 11 heteroatoms. The first-order valence-electron chi connectivity index (χ1n) is 10.2. The van der Waals surface area contributed by atoms with Crippen molar-refractivity contribution in [2.45, 2.75) is 64.4 Å². The normalized spacial score (nSPS) is 19.7. The number of halogens is 4. The van der Waals surface area contributed by atoms with Gasteiger partial charge in [-0.05, 0) is 46.6 Å². The Hall–Kier alpha value is -2.49. The standard InChI is InChI=1S/C21H27ClF3N5O2/c1-19(2,3)32-18(31)28-20(4)6-5-7-29(12-20)16-8-17(22)26-10-15(16)14-9-27-30(11-14)13-21(23,24)25/h8-11H,5-7,12-13H2,1-4H3,(H,28,31)/t20-/m0/s1. The first kappa shape index (κ1) is 24.2. The lowest BCUT2D eigenvalue weighted by molar-refractivity contribution is -0.142. The molecule has 0 bridgehead atoms. The Morgan fingerprint density at radius 3 is 2.69 bits per heavy atom. The minimum atomic E-state index is -4.37. The van der Waals surface area contributed by atoms with Crippen molar-refractivity contribution < 1.29 is 22.7 Å². The van der Waals surface area contributed by atoms with Crippen LogP contribution in [0.1, 0.15) is 40.5 Å². The van der Waals surface area contributed by atoms with Gasteiger partial charge in [0.15, 0.2) is 0 Å². The molecule has 0 spiro atoms. The van der Waals surface area contributed by atoms with Gasteiger partial charge in [0.1, 0.15) is 17.3 Å². The molecule has 1 atom stereocenters. The molecular weight excluding hydrogens is 447 g/mol. The van der Waals surface area contributed by atoms with E-state index in [-0.39, 0.29) is 5.15 Å². The van der Waals surface area contributed by atoms with Crippen molar-refractivity contribution in [3.63, 3.8) is 0 Å². The van der Waals surface area contributed by atoms with Crippen LogP contribution in [0.3, 0.4) is 0 Å². The van der Waals surface area contributed by atoms with Gasteiger partial charge in [-0.15, -0.1) is 0 Å². The molecule has 1 fully saturated rings. The van der Waals surface area contributed by atoms with Crippen molar-refractivity contribution in [2.75, 3.05) is 18.0 Å². The average Bonchev–Trinajstić information content (AvgIpc) is 3.05. The Morgan fingerprint density at radius 2 is 2.03 bits per heavy atom. The summed E-state index contributed by atoms with van der Waals surface area (Å²) in [4.78, 5) is 18.5. The first-order valence-corrected chi connectivity index (χ1v) is 10.6. The van der Waals surface area contributed by atoms with Crippen molar-refractivity contribution >= 4 is 23.4 Å². The zero-order chi connectivity index (χ0) is 23.7. The molecule has 1 saturated heterocycles. The van der Waals surface area contributed by atoms with Crippen LogP contribution in [0.2, 0.25) is 5.15 Å². The van der Waals surface area contributed by atoms with E-state index in [1.54, 1.807) is 26.8 Å². The highest BCUT2D eigenvalue weighted by molar-refractivity contribution is 6.29. The summed E-state index contributed by atoms with van der Waals surface area (Å²) in [5, 5.41) is 7.06. The van der Waals surface area contributed by atoms with E-state index in [4.69, 9.17) is 16.3 Å². The van der Waals surface area contributed by atoms with Gasteiger partial charge < -0.3 is 15.0 Å². The van der Waals surface area contributed by atoms with Crippen LogP contribution in [0.4, 0.5) is 23.7 Å². The predicted octanol–water partition coefficient (Wildman–Crippen LogP) is 5.04. The predicted molar refractivity (Wildman–Crippen MR) is 116 cm³/mol. The third-order valence-corrected chi connectivity index (χ3v) is 5.18. The Bertz CT molecular complexity index is 973. The molecule has 0 aliphatic carbocycles. The van der Waals surface area contributed by atoms with Gasteiger partial charge in [-0.25, -0.2) is 9.78 Å². The Labute approximate surface area is 189 Å². The number of nitrogens with one attached hydrogen (secondary N) is 1. The Morgan fingerprint density at radius 1 is 1.31 bits per heavy atom. The van der Waals surface area contributed by atoms with E-state index in [1.165, 1.54) is 18.6 Å². The van der Waals surface area contributed by atoms with E-state index in [9.17, 15) is 18.0 Å². The molecule has 1 N–H and O–H groups in total. The number of rotatable bonds is 4. The number of nitrogens with zero attached hydrogens (tertiary/aromatic N) is 4. The minimum absolute atomic E-state index is 0.263. The number of pyridine rings is 1. The van der Waals surface area contributed by atoms with Gasteiger partial charge in [0.25, 0.3) is 0 Å². The SMILES string of the molecule is CC(C)(C)OC(=O)N[C@@]1(C)CCCN(c2cc(Cl)ncc2-c2cnn(CC(F)(F)F)c2)C1. The number of ether oxygens (including phenoxy) is 1. The van der Waals surface area contributed by atoms with E-state index in [0.717, 1.165) is 17.5 Å². The average molecular weight is 474 g/mol. The quantitative estimate of drug-likeness (QED) is 0.629. The zero-order valence-electron chi connectivity index (χ0n) is 18.5. The third-order valence-electron chi connectivity index (χ3n) is 4.97. The van der Waals surface area contributed by atoms with Gasteiger partial charge in [-0.3, -0.25) is 4.68 Å². The molecule has 0 unspecified atom stereocenters. The molecule has 0 aromatic carbocycles. The molecule has 7 nitrogen and oxygen atoms in total. The third kappa shape index (κ3) is 6.51. The fraction of sp³-hybridized carbons (Fsp3) is 0.571. The van der Waals surface area contributed by atoms with Gasteiger partial charge in [-0.2, -0.15) is 18.3 Å². The summed E-state index contributed by atoms with van der Waals surface area (Å²) in [6, 6.07) is 1.68. The van der Waals surface area contributed by atoms with Crippen LogP contribution in [0.25, 0.3) is 11.1 Å². The molecule has 1 aliphatic heterocycles.